The number of carbonyl (C=O) groups excluding carboxylic acids is 2. The van der Waals surface area contributed by atoms with E-state index in [9.17, 15) is 14.7 Å². The van der Waals surface area contributed by atoms with Crippen LogP contribution in [0.3, 0.4) is 0 Å². The van der Waals surface area contributed by atoms with Crippen molar-refractivity contribution in [1.82, 2.24) is 4.31 Å². The lowest BCUT2D eigenvalue weighted by Gasteiger charge is -2.16. The highest BCUT2D eigenvalue weighted by atomic mass is 32.2. The molecular weight excluding hydrogens is 338 g/mol. The number of carbonyl (C=O) groups is 2. The molecule has 4 rings (SSSR count). The third kappa shape index (κ3) is 2.34. The Labute approximate surface area is 148 Å². The van der Waals surface area contributed by atoms with E-state index in [2.05, 4.69) is 0 Å². The normalized spacial score (nSPS) is 13.4. The largest absolute Gasteiger partial charge is 0.507 e. The quantitative estimate of drug-likeness (QED) is 0.573. The number of ether oxygens (including phenoxy) is 1. The summed E-state index contributed by atoms with van der Waals surface area (Å²) in [5.41, 5.74) is 0.745. The Morgan fingerprint density at radius 2 is 1.48 bits per heavy atom. The zero-order chi connectivity index (χ0) is 17.6. The number of fused-ring (bicyclic) bond motifs is 2. The summed E-state index contributed by atoms with van der Waals surface area (Å²) in [4.78, 5) is 25.6. The Morgan fingerprint density at radius 1 is 0.920 bits per heavy atom. The molecule has 2 amide bonds. The van der Waals surface area contributed by atoms with Gasteiger partial charge in [0.05, 0.1) is 23.1 Å². The Kier molecular flexibility index (Phi) is 3.62. The van der Waals surface area contributed by atoms with Crippen LogP contribution in [0.25, 0.3) is 10.8 Å². The predicted octanol–water partition coefficient (Wildman–Crippen LogP) is 3.86. The van der Waals surface area contributed by atoms with Gasteiger partial charge in [0.2, 0.25) is 0 Å². The average molecular weight is 351 g/mol. The van der Waals surface area contributed by atoms with Crippen molar-refractivity contribution in [2.45, 2.75) is 4.90 Å². The number of phenolic OH excluding ortho intramolecular Hbond substituents is 1. The molecule has 0 unspecified atom stereocenters. The van der Waals surface area contributed by atoms with Crippen LogP contribution in [0.1, 0.15) is 20.7 Å². The molecule has 0 radical (unpaired) electrons. The maximum Gasteiger partial charge on any atom is 0.272 e. The number of rotatable bonds is 3. The van der Waals surface area contributed by atoms with Crippen LogP contribution in [0.15, 0.2) is 59.5 Å². The smallest absolute Gasteiger partial charge is 0.272 e. The highest BCUT2D eigenvalue weighted by molar-refractivity contribution is 7.98. The molecule has 1 aliphatic heterocycles. The van der Waals surface area contributed by atoms with Crippen molar-refractivity contribution in [3.63, 3.8) is 0 Å². The van der Waals surface area contributed by atoms with Crippen LogP contribution in [0.4, 0.5) is 0 Å². The number of hydrogen-bond donors (Lipinski definition) is 1. The van der Waals surface area contributed by atoms with Gasteiger partial charge in [0.25, 0.3) is 11.8 Å². The maximum atomic E-state index is 12.6. The first-order valence-electron chi connectivity index (χ1n) is 7.56. The van der Waals surface area contributed by atoms with Crippen molar-refractivity contribution < 1.29 is 19.4 Å². The lowest BCUT2D eigenvalue weighted by Crippen LogP contribution is -2.22. The van der Waals surface area contributed by atoms with Crippen molar-refractivity contribution in [2.24, 2.45) is 0 Å². The summed E-state index contributed by atoms with van der Waals surface area (Å²) in [6, 6.07) is 15.5. The minimum atomic E-state index is -0.384. The topological polar surface area (TPSA) is 66.8 Å². The molecular formula is C19H13NO4S. The Bertz CT molecular complexity index is 996. The van der Waals surface area contributed by atoms with Crippen LogP contribution >= 0.6 is 11.9 Å². The molecule has 124 valence electrons. The molecule has 0 saturated carbocycles. The third-order valence-electron chi connectivity index (χ3n) is 4.10. The first-order valence-corrected chi connectivity index (χ1v) is 8.33. The van der Waals surface area contributed by atoms with Gasteiger partial charge in [-0.25, -0.2) is 4.31 Å². The third-order valence-corrected chi connectivity index (χ3v) is 5.22. The summed E-state index contributed by atoms with van der Waals surface area (Å²) in [6.07, 6.45) is 0. The summed E-state index contributed by atoms with van der Waals surface area (Å²) < 4.78 is 6.39. The van der Waals surface area contributed by atoms with Gasteiger partial charge in [0.1, 0.15) is 11.5 Å². The molecule has 0 bridgehead atoms. The predicted molar refractivity (Wildman–Crippen MR) is 95.0 cm³/mol. The summed E-state index contributed by atoms with van der Waals surface area (Å²) in [5, 5.41) is 11.9. The fourth-order valence-corrected chi connectivity index (χ4v) is 3.88. The molecule has 6 heteroatoms. The van der Waals surface area contributed by atoms with Crippen LogP contribution in [0.5, 0.6) is 11.5 Å². The molecule has 0 fully saturated rings. The van der Waals surface area contributed by atoms with E-state index < -0.39 is 0 Å². The molecule has 0 aliphatic carbocycles. The van der Waals surface area contributed by atoms with E-state index in [0.717, 1.165) is 21.6 Å². The Hall–Kier alpha value is -2.99. The first kappa shape index (κ1) is 15.5. The van der Waals surface area contributed by atoms with E-state index in [1.165, 1.54) is 13.2 Å². The summed E-state index contributed by atoms with van der Waals surface area (Å²) in [6.45, 7) is 0. The van der Waals surface area contributed by atoms with Gasteiger partial charge in [-0.1, -0.05) is 36.4 Å². The SMILES string of the molecule is COc1cc(O)c(SN2C(=O)c3ccccc3C2=O)c2ccccc12. The van der Waals surface area contributed by atoms with E-state index in [4.69, 9.17) is 4.74 Å². The molecule has 1 N–H and O–H groups in total. The average Bonchev–Trinajstić information content (AvgIpc) is 2.88. The minimum absolute atomic E-state index is 0.0443. The van der Waals surface area contributed by atoms with Gasteiger partial charge in [0.15, 0.2) is 0 Å². The maximum absolute atomic E-state index is 12.6. The second kappa shape index (κ2) is 5.82. The molecule has 3 aromatic carbocycles. The lowest BCUT2D eigenvalue weighted by atomic mass is 10.1. The monoisotopic (exact) mass is 351 g/mol. The van der Waals surface area contributed by atoms with Crippen molar-refractivity contribution in [3.8, 4) is 11.5 Å². The van der Waals surface area contributed by atoms with Gasteiger partial charge < -0.3 is 9.84 Å². The summed E-state index contributed by atoms with van der Waals surface area (Å²) >= 11 is 0.928. The van der Waals surface area contributed by atoms with Crippen LogP contribution in [-0.2, 0) is 0 Å². The highest BCUT2D eigenvalue weighted by Crippen LogP contribution is 2.44. The molecule has 3 aromatic rings. The molecule has 0 spiro atoms. The Balaban J connectivity index is 1.82. The van der Waals surface area contributed by atoms with Gasteiger partial charge in [-0.05, 0) is 12.1 Å². The molecule has 0 atom stereocenters. The minimum Gasteiger partial charge on any atom is -0.507 e. The van der Waals surface area contributed by atoms with E-state index in [-0.39, 0.29) is 17.6 Å². The number of hydrogen-bond acceptors (Lipinski definition) is 5. The van der Waals surface area contributed by atoms with Crippen molar-refractivity contribution in [2.75, 3.05) is 7.11 Å². The summed E-state index contributed by atoms with van der Waals surface area (Å²) in [5.74, 6) is -0.285. The fourth-order valence-electron chi connectivity index (χ4n) is 2.91. The highest BCUT2D eigenvalue weighted by Gasteiger charge is 2.37. The van der Waals surface area contributed by atoms with E-state index in [1.54, 1.807) is 24.3 Å². The zero-order valence-electron chi connectivity index (χ0n) is 13.2. The Morgan fingerprint density at radius 3 is 2.08 bits per heavy atom. The van der Waals surface area contributed by atoms with Crippen molar-refractivity contribution in [1.29, 1.82) is 0 Å². The second-order valence-electron chi connectivity index (χ2n) is 5.51. The van der Waals surface area contributed by atoms with Crippen LogP contribution in [0.2, 0.25) is 0 Å². The second-order valence-corrected chi connectivity index (χ2v) is 6.47. The van der Waals surface area contributed by atoms with Crippen LogP contribution in [-0.4, -0.2) is 28.3 Å². The van der Waals surface area contributed by atoms with E-state index in [0.29, 0.717) is 27.2 Å². The number of amides is 2. The lowest BCUT2D eigenvalue weighted by molar-refractivity contribution is 0.0777. The zero-order valence-corrected chi connectivity index (χ0v) is 14.0. The molecule has 1 heterocycles. The van der Waals surface area contributed by atoms with Crippen molar-refractivity contribution in [3.05, 3.63) is 65.7 Å². The van der Waals surface area contributed by atoms with Gasteiger partial charge >= 0.3 is 0 Å². The van der Waals surface area contributed by atoms with Crippen LogP contribution < -0.4 is 4.74 Å². The van der Waals surface area contributed by atoms with Gasteiger partial charge in [-0.2, -0.15) is 0 Å². The number of methoxy groups -OCH3 is 1. The first-order chi connectivity index (χ1) is 12.1. The molecule has 0 saturated heterocycles. The molecule has 25 heavy (non-hydrogen) atoms. The van der Waals surface area contributed by atoms with E-state index in [1.807, 2.05) is 24.3 Å². The molecule has 5 nitrogen and oxygen atoms in total. The number of phenols is 1. The van der Waals surface area contributed by atoms with Gasteiger partial charge in [-0.3, -0.25) is 9.59 Å². The number of nitrogens with zero attached hydrogens (tertiary/aromatic N) is 1. The van der Waals surface area contributed by atoms with Gasteiger partial charge in [0, 0.05) is 28.8 Å². The standard InChI is InChI=1S/C19H13NO4S/c1-24-16-10-15(21)17(12-7-3-2-6-11(12)16)25-20-18(22)13-8-4-5-9-14(13)19(20)23/h2-10,21H,1H3. The van der Waals surface area contributed by atoms with Crippen molar-refractivity contribution >= 4 is 34.5 Å². The van der Waals surface area contributed by atoms with Gasteiger partial charge in [-0.15, -0.1) is 0 Å². The number of imide groups is 1. The molecule has 0 aromatic heterocycles. The van der Waals surface area contributed by atoms with E-state index >= 15 is 0 Å². The number of benzene rings is 3. The summed E-state index contributed by atoms with van der Waals surface area (Å²) in [7, 11) is 1.53. The fraction of sp³-hybridized carbons (Fsp3) is 0.0526. The number of aromatic hydroxyl groups is 1. The van der Waals surface area contributed by atoms with Crippen LogP contribution in [0, 0.1) is 0 Å². The molecule has 1 aliphatic rings.